The van der Waals surface area contributed by atoms with Crippen LogP contribution >= 0.6 is 22.9 Å². The molecule has 0 aliphatic heterocycles. The van der Waals surface area contributed by atoms with Gasteiger partial charge in [-0.1, -0.05) is 0 Å². The first-order valence-corrected chi connectivity index (χ1v) is 5.78. The first-order chi connectivity index (χ1) is 7.13. The molecule has 0 aliphatic carbocycles. The summed E-state index contributed by atoms with van der Waals surface area (Å²) in [5.41, 5.74) is 1.01. The standard InChI is InChI=1S/C9H13ClN2O2S/c1-6-5-15-8(12-6)4-11-3-7(10)9(13)14-2/h5,7,11H,3-4H2,1-2H3. The van der Waals surface area contributed by atoms with Gasteiger partial charge in [-0.3, -0.25) is 4.79 Å². The minimum Gasteiger partial charge on any atom is -0.468 e. The number of esters is 1. The Hall–Kier alpha value is -0.650. The number of methoxy groups -OCH3 is 1. The van der Waals surface area contributed by atoms with Crippen LogP contribution in [0.1, 0.15) is 10.7 Å². The van der Waals surface area contributed by atoms with Crippen molar-refractivity contribution in [3.05, 3.63) is 16.1 Å². The Kier molecular flexibility index (Phi) is 5.01. The molecule has 0 bridgehead atoms. The van der Waals surface area contributed by atoms with E-state index in [0.29, 0.717) is 13.1 Å². The van der Waals surface area contributed by atoms with E-state index in [4.69, 9.17) is 11.6 Å². The van der Waals surface area contributed by atoms with Crippen LogP contribution in [0.25, 0.3) is 0 Å². The van der Waals surface area contributed by atoms with E-state index in [2.05, 4.69) is 15.0 Å². The second-order valence-corrected chi connectivity index (χ2v) is 4.47. The fraction of sp³-hybridized carbons (Fsp3) is 0.556. The maximum Gasteiger partial charge on any atom is 0.325 e. The van der Waals surface area contributed by atoms with Crippen molar-refractivity contribution in [2.45, 2.75) is 18.8 Å². The van der Waals surface area contributed by atoms with Gasteiger partial charge in [-0.25, -0.2) is 4.98 Å². The van der Waals surface area contributed by atoms with Crippen molar-refractivity contribution < 1.29 is 9.53 Å². The Morgan fingerprint density at radius 1 is 1.80 bits per heavy atom. The summed E-state index contributed by atoms with van der Waals surface area (Å²) in [6, 6.07) is 0. The highest BCUT2D eigenvalue weighted by Crippen LogP contribution is 2.08. The molecule has 0 spiro atoms. The molecule has 1 atom stereocenters. The molecule has 0 aliphatic rings. The van der Waals surface area contributed by atoms with E-state index in [1.807, 2.05) is 12.3 Å². The van der Waals surface area contributed by atoms with E-state index < -0.39 is 11.3 Å². The molecule has 6 heteroatoms. The van der Waals surface area contributed by atoms with Gasteiger partial charge in [0, 0.05) is 24.2 Å². The molecule has 0 fully saturated rings. The molecule has 1 unspecified atom stereocenters. The first kappa shape index (κ1) is 12.4. The van der Waals surface area contributed by atoms with Crippen molar-refractivity contribution in [3.63, 3.8) is 0 Å². The molecule has 1 rings (SSSR count). The summed E-state index contributed by atoms with van der Waals surface area (Å²) in [7, 11) is 1.32. The van der Waals surface area contributed by atoms with Crippen molar-refractivity contribution in [2.24, 2.45) is 0 Å². The Balaban J connectivity index is 2.24. The molecule has 15 heavy (non-hydrogen) atoms. The maximum atomic E-state index is 11.0. The SMILES string of the molecule is COC(=O)C(Cl)CNCc1nc(C)cs1. The average molecular weight is 249 g/mol. The molecule has 1 heterocycles. The number of aryl methyl sites for hydroxylation is 1. The summed E-state index contributed by atoms with van der Waals surface area (Å²) in [5, 5.41) is 5.37. The quantitative estimate of drug-likeness (QED) is 0.631. The number of carbonyl (C=O) groups is 1. The summed E-state index contributed by atoms with van der Waals surface area (Å²) < 4.78 is 4.49. The highest BCUT2D eigenvalue weighted by atomic mass is 35.5. The number of aromatic nitrogens is 1. The summed E-state index contributed by atoms with van der Waals surface area (Å²) in [5.74, 6) is -0.417. The van der Waals surface area contributed by atoms with Crippen molar-refractivity contribution >= 4 is 28.9 Å². The topological polar surface area (TPSA) is 51.2 Å². The van der Waals surface area contributed by atoms with Crippen LogP contribution in [0.5, 0.6) is 0 Å². The van der Waals surface area contributed by atoms with E-state index >= 15 is 0 Å². The van der Waals surface area contributed by atoms with Gasteiger partial charge in [0.25, 0.3) is 0 Å². The molecule has 84 valence electrons. The van der Waals surface area contributed by atoms with Crippen LogP contribution in [0.3, 0.4) is 0 Å². The highest BCUT2D eigenvalue weighted by molar-refractivity contribution is 7.09. The number of hydrogen-bond acceptors (Lipinski definition) is 5. The third-order valence-electron chi connectivity index (χ3n) is 1.72. The van der Waals surface area contributed by atoms with E-state index in [-0.39, 0.29) is 0 Å². The third kappa shape index (κ3) is 4.15. The number of thiazole rings is 1. The lowest BCUT2D eigenvalue weighted by Gasteiger charge is -2.07. The predicted molar refractivity (Wildman–Crippen MR) is 60.2 cm³/mol. The normalized spacial score (nSPS) is 12.5. The molecule has 4 nitrogen and oxygen atoms in total. The minimum atomic E-state index is -0.643. The Morgan fingerprint density at radius 2 is 2.53 bits per heavy atom. The van der Waals surface area contributed by atoms with Gasteiger partial charge in [-0.2, -0.15) is 0 Å². The maximum absolute atomic E-state index is 11.0. The molecule has 1 aromatic rings. The Morgan fingerprint density at radius 3 is 3.07 bits per heavy atom. The van der Waals surface area contributed by atoms with Crippen molar-refractivity contribution in [1.82, 2.24) is 10.3 Å². The largest absolute Gasteiger partial charge is 0.468 e. The van der Waals surface area contributed by atoms with Gasteiger partial charge in [0.15, 0.2) is 0 Å². The van der Waals surface area contributed by atoms with Gasteiger partial charge in [-0.05, 0) is 6.92 Å². The zero-order chi connectivity index (χ0) is 11.3. The third-order valence-corrected chi connectivity index (χ3v) is 3.02. The Labute approximate surface area is 97.6 Å². The molecule has 1 N–H and O–H groups in total. The second kappa shape index (κ2) is 6.05. The zero-order valence-electron chi connectivity index (χ0n) is 8.62. The van der Waals surface area contributed by atoms with E-state index in [1.54, 1.807) is 11.3 Å². The van der Waals surface area contributed by atoms with Gasteiger partial charge >= 0.3 is 5.97 Å². The van der Waals surface area contributed by atoms with E-state index in [9.17, 15) is 4.79 Å². The number of ether oxygens (including phenoxy) is 1. The number of carbonyl (C=O) groups excluding carboxylic acids is 1. The molecular formula is C9H13ClN2O2S. The summed E-state index contributed by atoms with van der Waals surface area (Å²) in [6.07, 6.45) is 0. The fourth-order valence-corrected chi connectivity index (χ4v) is 1.94. The van der Waals surface area contributed by atoms with Crippen molar-refractivity contribution in [1.29, 1.82) is 0 Å². The second-order valence-electron chi connectivity index (χ2n) is 3.00. The minimum absolute atomic E-state index is 0.382. The lowest BCUT2D eigenvalue weighted by Crippen LogP contribution is -2.29. The van der Waals surface area contributed by atoms with Crippen LogP contribution in [0.4, 0.5) is 0 Å². The van der Waals surface area contributed by atoms with Gasteiger partial charge in [0.1, 0.15) is 10.4 Å². The predicted octanol–water partition coefficient (Wildman–Crippen LogP) is 1.32. The van der Waals surface area contributed by atoms with Gasteiger partial charge < -0.3 is 10.1 Å². The van der Waals surface area contributed by atoms with E-state index in [1.165, 1.54) is 7.11 Å². The van der Waals surface area contributed by atoms with Crippen molar-refractivity contribution in [2.75, 3.05) is 13.7 Å². The van der Waals surface area contributed by atoms with Crippen LogP contribution in [0, 0.1) is 6.92 Å². The van der Waals surface area contributed by atoms with Crippen molar-refractivity contribution in [3.8, 4) is 0 Å². The van der Waals surface area contributed by atoms with Crippen LogP contribution < -0.4 is 5.32 Å². The summed E-state index contributed by atoms with van der Waals surface area (Å²) in [6.45, 7) is 2.95. The van der Waals surface area contributed by atoms with Gasteiger partial charge in [0.05, 0.1) is 7.11 Å². The van der Waals surface area contributed by atoms with Crippen LogP contribution in [-0.2, 0) is 16.1 Å². The number of hydrogen-bond donors (Lipinski definition) is 1. The molecule has 1 aromatic heterocycles. The average Bonchev–Trinajstić information content (AvgIpc) is 2.63. The number of alkyl halides is 1. The van der Waals surface area contributed by atoms with Crippen LogP contribution in [0.15, 0.2) is 5.38 Å². The summed E-state index contributed by atoms with van der Waals surface area (Å²) in [4.78, 5) is 15.2. The van der Waals surface area contributed by atoms with Crippen LogP contribution in [0.2, 0.25) is 0 Å². The van der Waals surface area contributed by atoms with E-state index in [0.717, 1.165) is 10.7 Å². The number of nitrogens with zero attached hydrogens (tertiary/aromatic N) is 1. The molecular weight excluding hydrogens is 236 g/mol. The highest BCUT2D eigenvalue weighted by Gasteiger charge is 2.14. The number of halogens is 1. The zero-order valence-corrected chi connectivity index (χ0v) is 10.2. The monoisotopic (exact) mass is 248 g/mol. The lowest BCUT2D eigenvalue weighted by molar-refractivity contribution is -0.140. The van der Waals surface area contributed by atoms with Gasteiger partial charge in [0.2, 0.25) is 0 Å². The molecule has 0 radical (unpaired) electrons. The summed E-state index contributed by atoms with van der Waals surface area (Å²) >= 11 is 7.33. The molecule has 0 saturated heterocycles. The number of rotatable bonds is 5. The molecule has 0 amide bonds. The Bertz CT molecular complexity index is 330. The lowest BCUT2D eigenvalue weighted by atomic mass is 10.4. The molecule has 0 saturated carbocycles. The number of nitrogens with one attached hydrogen (secondary N) is 1. The first-order valence-electron chi connectivity index (χ1n) is 4.47. The van der Waals surface area contributed by atoms with Gasteiger partial charge in [-0.15, -0.1) is 22.9 Å². The fourth-order valence-electron chi connectivity index (χ4n) is 1.00. The van der Waals surface area contributed by atoms with Crippen LogP contribution in [-0.4, -0.2) is 30.0 Å². The smallest absolute Gasteiger partial charge is 0.325 e. The molecule has 0 aromatic carbocycles.